The van der Waals surface area contributed by atoms with Crippen LogP contribution < -0.4 is 9.47 Å². The quantitative estimate of drug-likeness (QED) is 0.357. The zero-order chi connectivity index (χ0) is 24.1. The minimum absolute atomic E-state index is 0.259. The summed E-state index contributed by atoms with van der Waals surface area (Å²) in [7, 11) is 1.54. The van der Waals surface area contributed by atoms with Crippen LogP contribution in [-0.2, 0) is 20.9 Å². The number of hydrogen-bond donors (Lipinski definition) is 0. The fraction of sp³-hybridized carbons (Fsp3) is 0.292. The number of benzene rings is 2. The maximum absolute atomic E-state index is 12.8. The molecule has 2 fully saturated rings. The Hall–Kier alpha value is -2.57. The first-order chi connectivity index (χ1) is 16.4. The van der Waals surface area contributed by atoms with Gasteiger partial charge in [0.25, 0.3) is 11.1 Å². The minimum Gasteiger partial charge on any atom is -0.493 e. The van der Waals surface area contributed by atoms with Crippen LogP contribution in [0.3, 0.4) is 0 Å². The molecule has 2 aromatic rings. The Balaban J connectivity index is 1.43. The molecular weight excluding hydrogens is 571 g/mol. The van der Waals surface area contributed by atoms with Gasteiger partial charge in [0.05, 0.1) is 25.2 Å². The van der Waals surface area contributed by atoms with Crippen molar-refractivity contribution in [2.24, 2.45) is 0 Å². The number of ether oxygens (including phenoxy) is 3. The van der Waals surface area contributed by atoms with Crippen molar-refractivity contribution in [3.63, 3.8) is 0 Å². The van der Waals surface area contributed by atoms with Gasteiger partial charge in [0, 0.05) is 16.7 Å². The lowest BCUT2D eigenvalue weighted by molar-refractivity contribution is -0.139. The second-order valence-corrected chi connectivity index (χ2v) is 9.83. The van der Waals surface area contributed by atoms with Crippen LogP contribution in [0.4, 0.5) is 4.79 Å². The van der Waals surface area contributed by atoms with Gasteiger partial charge in [0.15, 0.2) is 11.5 Å². The second-order valence-electron chi connectivity index (χ2n) is 7.59. The summed E-state index contributed by atoms with van der Waals surface area (Å²) in [4.78, 5) is 40.5. The Labute approximate surface area is 215 Å². The molecule has 2 aliphatic rings. The van der Waals surface area contributed by atoms with Crippen molar-refractivity contribution in [2.75, 3.05) is 40.0 Å². The van der Waals surface area contributed by atoms with E-state index in [9.17, 15) is 14.4 Å². The lowest BCUT2D eigenvalue weighted by Crippen LogP contribution is -2.46. The van der Waals surface area contributed by atoms with Gasteiger partial charge in [-0.05, 0) is 75.8 Å². The molecule has 0 atom stereocenters. The van der Waals surface area contributed by atoms with Crippen molar-refractivity contribution >= 4 is 57.5 Å². The van der Waals surface area contributed by atoms with Crippen molar-refractivity contribution in [1.82, 2.24) is 9.80 Å². The highest BCUT2D eigenvalue weighted by Crippen LogP contribution is 2.34. The number of carbonyl (C=O) groups excluding carboxylic acids is 3. The van der Waals surface area contributed by atoms with E-state index in [0.717, 1.165) is 25.8 Å². The molecule has 0 aromatic heterocycles. The first-order valence-corrected chi connectivity index (χ1v) is 12.5. The van der Waals surface area contributed by atoms with E-state index in [1.165, 1.54) is 0 Å². The van der Waals surface area contributed by atoms with E-state index in [1.807, 2.05) is 24.3 Å². The molecule has 178 valence electrons. The highest BCUT2D eigenvalue weighted by molar-refractivity contribution is 14.1. The lowest BCUT2D eigenvalue weighted by atomic mass is 10.1. The third-order valence-electron chi connectivity index (χ3n) is 5.32. The molecule has 2 aliphatic heterocycles. The van der Waals surface area contributed by atoms with Gasteiger partial charge < -0.3 is 19.1 Å². The summed E-state index contributed by atoms with van der Waals surface area (Å²) in [6.45, 7) is 1.96. The van der Waals surface area contributed by atoms with E-state index < -0.39 is 11.1 Å². The van der Waals surface area contributed by atoms with E-state index in [0.29, 0.717) is 50.0 Å². The van der Waals surface area contributed by atoms with Gasteiger partial charge >= 0.3 is 0 Å². The minimum atomic E-state index is -0.477. The summed E-state index contributed by atoms with van der Waals surface area (Å²) in [5, 5.41) is -0.456. The third kappa shape index (κ3) is 5.91. The topological polar surface area (TPSA) is 85.4 Å². The number of morpholine rings is 1. The van der Waals surface area contributed by atoms with Crippen molar-refractivity contribution in [3.05, 3.63) is 62.1 Å². The maximum Gasteiger partial charge on any atom is 0.294 e. The largest absolute Gasteiger partial charge is 0.493 e. The number of thioether (sulfide) groups is 1. The fourth-order valence-corrected chi connectivity index (χ4v) is 4.67. The SMILES string of the molecule is COc1cc(/C=C2\SC(=O)N(CC(=O)N3CCOCC3)C2=O)ccc1OCc1ccc(I)cc1. The van der Waals surface area contributed by atoms with E-state index in [2.05, 4.69) is 22.6 Å². The number of hydrogen-bond acceptors (Lipinski definition) is 7. The van der Waals surface area contributed by atoms with Crippen LogP contribution in [0.1, 0.15) is 11.1 Å². The number of amides is 3. The van der Waals surface area contributed by atoms with Gasteiger partial charge in [0.1, 0.15) is 13.2 Å². The molecule has 3 amide bonds. The number of rotatable bonds is 7. The molecule has 2 aromatic carbocycles. The third-order valence-corrected chi connectivity index (χ3v) is 6.95. The van der Waals surface area contributed by atoms with Crippen LogP contribution in [0.5, 0.6) is 11.5 Å². The predicted octanol–water partition coefficient (Wildman–Crippen LogP) is 3.77. The van der Waals surface area contributed by atoms with Crippen molar-refractivity contribution < 1.29 is 28.6 Å². The molecule has 34 heavy (non-hydrogen) atoms. The Morgan fingerprint density at radius 2 is 1.85 bits per heavy atom. The number of carbonyl (C=O) groups is 3. The monoisotopic (exact) mass is 594 g/mol. The average Bonchev–Trinajstić information content (AvgIpc) is 3.11. The van der Waals surface area contributed by atoms with Crippen LogP contribution in [0.2, 0.25) is 0 Å². The lowest BCUT2D eigenvalue weighted by Gasteiger charge is -2.28. The summed E-state index contributed by atoms with van der Waals surface area (Å²) in [6.07, 6.45) is 1.62. The molecule has 0 radical (unpaired) electrons. The predicted molar refractivity (Wildman–Crippen MR) is 137 cm³/mol. The molecule has 2 saturated heterocycles. The number of imide groups is 1. The summed E-state index contributed by atoms with van der Waals surface area (Å²) in [6, 6.07) is 13.3. The van der Waals surface area contributed by atoms with Gasteiger partial charge in [-0.3, -0.25) is 19.3 Å². The van der Waals surface area contributed by atoms with Gasteiger partial charge in [-0.1, -0.05) is 18.2 Å². The van der Waals surface area contributed by atoms with Crippen LogP contribution >= 0.6 is 34.4 Å². The van der Waals surface area contributed by atoms with Gasteiger partial charge in [-0.2, -0.15) is 0 Å². The average molecular weight is 594 g/mol. The Morgan fingerprint density at radius 3 is 2.56 bits per heavy atom. The number of nitrogens with zero attached hydrogens (tertiary/aromatic N) is 2. The smallest absolute Gasteiger partial charge is 0.294 e. The molecule has 0 N–H and O–H groups in total. The Kier molecular flexibility index (Phi) is 8.11. The molecule has 0 unspecified atom stereocenters. The van der Waals surface area contributed by atoms with Gasteiger partial charge in [-0.25, -0.2) is 0 Å². The first-order valence-electron chi connectivity index (χ1n) is 10.6. The number of methoxy groups -OCH3 is 1. The zero-order valence-electron chi connectivity index (χ0n) is 18.5. The summed E-state index contributed by atoms with van der Waals surface area (Å²) < 4.78 is 17.8. The van der Waals surface area contributed by atoms with Crippen molar-refractivity contribution in [3.8, 4) is 11.5 Å². The molecule has 2 heterocycles. The maximum atomic E-state index is 12.8. The molecule has 0 saturated carbocycles. The first kappa shape index (κ1) is 24.6. The van der Waals surface area contributed by atoms with Crippen LogP contribution in [-0.4, -0.2) is 66.8 Å². The summed E-state index contributed by atoms with van der Waals surface area (Å²) in [5.41, 5.74) is 1.72. The van der Waals surface area contributed by atoms with Gasteiger partial charge in [-0.15, -0.1) is 0 Å². The van der Waals surface area contributed by atoms with E-state index in [1.54, 1.807) is 36.3 Å². The van der Waals surface area contributed by atoms with Crippen LogP contribution in [0, 0.1) is 3.57 Å². The highest BCUT2D eigenvalue weighted by atomic mass is 127. The van der Waals surface area contributed by atoms with Crippen molar-refractivity contribution in [1.29, 1.82) is 0 Å². The molecule has 10 heteroatoms. The van der Waals surface area contributed by atoms with E-state index in [-0.39, 0.29) is 17.4 Å². The molecule has 4 rings (SSSR count). The molecular formula is C24H23IN2O6S. The normalized spacial score (nSPS) is 17.4. The van der Waals surface area contributed by atoms with E-state index in [4.69, 9.17) is 14.2 Å². The molecule has 0 aliphatic carbocycles. The zero-order valence-corrected chi connectivity index (χ0v) is 21.5. The van der Waals surface area contributed by atoms with Crippen LogP contribution in [0.15, 0.2) is 47.4 Å². The molecule has 0 bridgehead atoms. The Morgan fingerprint density at radius 1 is 1.12 bits per heavy atom. The second kappa shape index (κ2) is 11.2. The van der Waals surface area contributed by atoms with Crippen LogP contribution in [0.25, 0.3) is 6.08 Å². The fourth-order valence-electron chi connectivity index (χ4n) is 3.47. The Bertz CT molecular complexity index is 1110. The molecule has 8 nitrogen and oxygen atoms in total. The highest BCUT2D eigenvalue weighted by Gasteiger charge is 2.37. The summed E-state index contributed by atoms with van der Waals surface area (Å²) in [5.74, 6) is 0.348. The van der Waals surface area contributed by atoms with E-state index >= 15 is 0 Å². The standard InChI is InChI=1S/C24H23IN2O6S/c1-31-20-12-17(4-7-19(20)33-15-16-2-5-18(25)6-3-16)13-21-23(29)27(24(30)34-21)14-22(28)26-8-10-32-11-9-26/h2-7,12-13H,8-11,14-15H2,1H3/b21-13-. The summed E-state index contributed by atoms with van der Waals surface area (Å²) >= 11 is 3.07. The van der Waals surface area contributed by atoms with Gasteiger partial charge in [0.2, 0.25) is 5.91 Å². The number of halogens is 1. The van der Waals surface area contributed by atoms with Crippen molar-refractivity contribution in [2.45, 2.75) is 6.61 Å². The molecule has 0 spiro atoms.